The van der Waals surface area contributed by atoms with Crippen LogP contribution in [0.1, 0.15) is 30.1 Å². The molecule has 7 heteroatoms. The predicted octanol–water partition coefficient (Wildman–Crippen LogP) is 3.02. The number of pyridine rings is 1. The molecule has 2 N–H and O–H groups in total. The summed E-state index contributed by atoms with van der Waals surface area (Å²) in [6.07, 6.45) is 4.37. The van der Waals surface area contributed by atoms with Gasteiger partial charge in [0.25, 0.3) is 5.91 Å². The third kappa shape index (κ3) is 3.72. The monoisotopic (exact) mass is 417 g/mol. The van der Waals surface area contributed by atoms with Crippen molar-refractivity contribution in [1.82, 2.24) is 9.88 Å². The van der Waals surface area contributed by atoms with Crippen LogP contribution in [0, 0.1) is 5.41 Å². The maximum atomic E-state index is 12.8. The molecule has 1 atom stereocenters. The number of aromatic amines is 1. The van der Waals surface area contributed by atoms with E-state index >= 15 is 0 Å². The Morgan fingerprint density at radius 2 is 1.96 bits per heavy atom. The van der Waals surface area contributed by atoms with Gasteiger partial charge in [-0.1, -0.05) is 18.2 Å². The lowest BCUT2D eigenvalue weighted by Gasteiger charge is -2.39. The Balaban J connectivity index is 1.76. The molecule has 2 amide bonds. The Bertz CT molecular complexity index is 881. The van der Waals surface area contributed by atoms with Crippen molar-refractivity contribution in [3.8, 4) is 0 Å². The number of anilines is 1. The summed E-state index contributed by atoms with van der Waals surface area (Å²) in [5.41, 5.74) is -0.233. The van der Waals surface area contributed by atoms with Crippen LogP contribution >= 0.6 is 15.9 Å². The smallest absolute Gasteiger partial charge is 0.253 e. The van der Waals surface area contributed by atoms with Gasteiger partial charge in [0.1, 0.15) is 5.69 Å². The third-order valence-corrected chi connectivity index (χ3v) is 5.29. The first-order valence-corrected chi connectivity index (χ1v) is 9.22. The third-order valence-electron chi connectivity index (χ3n) is 4.70. The fourth-order valence-electron chi connectivity index (χ4n) is 3.19. The highest BCUT2D eigenvalue weighted by Crippen LogP contribution is 2.31. The molecule has 0 spiro atoms. The first-order chi connectivity index (χ1) is 12.4. The Hall–Kier alpha value is -2.41. The van der Waals surface area contributed by atoms with Crippen molar-refractivity contribution in [2.24, 2.45) is 5.41 Å². The number of nitrogens with one attached hydrogen (secondary N) is 2. The molecule has 0 aliphatic carbocycles. The zero-order chi connectivity index (χ0) is 18.7. The van der Waals surface area contributed by atoms with E-state index in [0.29, 0.717) is 29.5 Å². The van der Waals surface area contributed by atoms with E-state index < -0.39 is 5.41 Å². The van der Waals surface area contributed by atoms with Gasteiger partial charge in [-0.15, -0.1) is 0 Å². The maximum Gasteiger partial charge on any atom is 0.253 e. The Morgan fingerprint density at radius 1 is 1.23 bits per heavy atom. The molecule has 0 radical (unpaired) electrons. The number of piperidine rings is 1. The van der Waals surface area contributed by atoms with Gasteiger partial charge in [-0.05, 0) is 47.8 Å². The zero-order valence-corrected chi connectivity index (χ0v) is 16.0. The molecule has 0 saturated carbocycles. The largest absolute Gasteiger partial charge is 0.365 e. The normalized spacial score (nSPS) is 19.8. The average Bonchev–Trinajstić information content (AvgIpc) is 2.65. The van der Waals surface area contributed by atoms with Gasteiger partial charge >= 0.3 is 0 Å². The van der Waals surface area contributed by atoms with Crippen LogP contribution in [-0.2, 0) is 4.79 Å². The first kappa shape index (κ1) is 18.4. The molecule has 1 aromatic carbocycles. The summed E-state index contributed by atoms with van der Waals surface area (Å²) >= 11 is 3.15. The fraction of sp³-hybridized carbons (Fsp3) is 0.316. The van der Waals surface area contributed by atoms with Crippen LogP contribution in [-0.4, -0.2) is 34.8 Å². The van der Waals surface area contributed by atoms with Crippen LogP contribution in [0.25, 0.3) is 0 Å². The van der Waals surface area contributed by atoms with Crippen LogP contribution in [0.3, 0.4) is 0 Å². The number of amides is 2. The van der Waals surface area contributed by atoms with Crippen molar-refractivity contribution < 1.29 is 9.59 Å². The second kappa shape index (κ2) is 7.45. The molecule has 3 rings (SSSR count). The van der Waals surface area contributed by atoms with Gasteiger partial charge in [0.2, 0.25) is 11.3 Å². The highest BCUT2D eigenvalue weighted by Gasteiger charge is 2.39. The van der Waals surface area contributed by atoms with Gasteiger partial charge in [0, 0.05) is 31.0 Å². The molecule has 1 aliphatic rings. The molecule has 1 saturated heterocycles. The zero-order valence-electron chi connectivity index (χ0n) is 14.4. The van der Waals surface area contributed by atoms with Crippen LogP contribution in [0.15, 0.2) is 52.0 Å². The van der Waals surface area contributed by atoms with Crippen LogP contribution in [0.5, 0.6) is 0 Å². The molecule has 2 aromatic rings. The number of nitrogens with zero attached hydrogens (tertiary/aromatic N) is 1. The van der Waals surface area contributed by atoms with Gasteiger partial charge in [0.15, 0.2) is 0 Å². The van der Waals surface area contributed by atoms with Crippen LogP contribution in [0.4, 0.5) is 5.69 Å². The number of carbonyl (C=O) groups excluding carboxylic acids is 2. The molecule has 1 aliphatic heterocycles. The van der Waals surface area contributed by atoms with Gasteiger partial charge < -0.3 is 15.2 Å². The second-order valence-corrected chi connectivity index (χ2v) is 7.61. The molecule has 1 fully saturated rings. The number of carbonyl (C=O) groups is 2. The molecular formula is C19H20BrN3O3. The number of benzene rings is 1. The van der Waals surface area contributed by atoms with Crippen molar-refractivity contribution in [1.29, 1.82) is 0 Å². The summed E-state index contributed by atoms with van der Waals surface area (Å²) in [7, 11) is 0. The lowest BCUT2D eigenvalue weighted by Crippen LogP contribution is -2.50. The van der Waals surface area contributed by atoms with Gasteiger partial charge in [-0.2, -0.15) is 0 Å². The fourth-order valence-corrected chi connectivity index (χ4v) is 3.53. The quantitative estimate of drug-likeness (QED) is 0.804. The van der Waals surface area contributed by atoms with E-state index in [0.717, 1.165) is 6.42 Å². The molecule has 26 heavy (non-hydrogen) atoms. The second-order valence-electron chi connectivity index (χ2n) is 6.76. The van der Waals surface area contributed by atoms with Crippen LogP contribution in [0.2, 0.25) is 0 Å². The lowest BCUT2D eigenvalue weighted by atomic mass is 9.80. The van der Waals surface area contributed by atoms with E-state index in [9.17, 15) is 14.4 Å². The molecule has 136 valence electrons. The van der Waals surface area contributed by atoms with E-state index in [1.54, 1.807) is 17.0 Å². The van der Waals surface area contributed by atoms with E-state index in [4.69, 9.17) is 0 Å². The van der Waals surface area contributed by atoms with E-state index in [1.807, 2.05) is 25.1 Å². The van der Waals surface area contributed by atoms with Crippen molar-refractivity contribution >= 4 is 33.4 Å². The summed E-state index contributed by atoms with van der Waals surface area (Å²) in [5.74, 6) is -0.337. The molecule has 1 unspecified atom stereocenters. The molecule has 2 heterocycles. The Kier molecular flexibility index (Phi) is 5.27. The minimum absolute atomic E-state index is 0.0790. The van der Waals surface area contributed by atoms with Crippen molar-refractivity contribution in [3.05, 3.63) is 63.0 Å². The number of H-pyrrole nitrogens is 1. The highest BCUT2D eigenvalue weighted by molar-refractivity contribution is 9.10. The van der Waals surface area contributed by atoms with Gasteiger partial charge in [0.05, 0.1) is 9.89 Å². The number of rotatable bonds is 3. The topological polar surface area (TPSA) is 82.3 Å². The van der Waals surface area contributed by atoms with E-state index in [-0.39, 0.29) is 22.9 Å². The summed E-state index contributed by atoms with van der Waals surface area (Å²) in [5, 5.41) is 2.71. The SMILES string of the molecule is CC1(C(=O)Nc2c[nH]cc(Br)c2=O)CCCN(C(=O)c2ccccc2)C1. The standard InChI is InChI=1S/C19H20BrN3O3/c1-19(18(26)22-15-11-21-10-14(20)16(15)24)8-5-9-23(12-19)17(25)13-6-3-2-4-7-13/h2-4,6-7,10-11H,5,8-9,12H2,1H3,(H,21,24)(H,22,26). The Labute approximate surface area is 159 Å². The number of hydrogen-bond donors (Lipinski definition) is 2. The van der Waals surface area contributed by atoms with Gasteiger partial charge in [-0.3, -0.25) is 14.4 Å². The van der Waals surface area contributed by atoms with Gasteiger partial charge in [-0.25, -0.2) is 0 Å². The lowest BCUT2D eigenvalue weighted by molar-refractivity contribution is -0.127. The number of likely N-dealkylation sites (tertiary alicyclic amines) is 1. The van der Waals surface area contributed by atoms with Crippen molar-refractivity contribution in [2.75, 3.05) is 18.4 Å². The van der Waals surface area contributed by atoms with Crippen molar-refractivity contribution in [3.63, 3.8) is 0 Å². The maximum absolute atomic E-state index is 12.8. The number of hydrogen-bond acceptors (Lipinski definition) is 3. The summed E-state index contributed by atoms with van der Waals surface area (Å²) in [6, 6.07) is 9.05. The molecular weight excluding hydrogens is 398 g/mol. The molecule has 1 aromatic heterocycles. The predicted molar refractivity (Wildman–Crippen MR) is 103 cm³/mol. The summed E-state index contributed by atoms with van der Waals surface area (Å²) < 4.78 is 0.352. The Morgan fingerprint density at radius 3 is 2.69 bits per heavy atom. The summed E-state index contributed by atoms with van der Waals surface area (Å²) in [4.78, 5) is 42.2. The van der Waals surface area contributed by atoms with Crippen LogP contribution < -0.4 is 10.7 Å². The summed E-state index contributed by atoms with van der Waals surface area (Å²) in [6.45, 7) is 2.77. The molecule has 6 nitrogen and oxygen atoms in total. The molecule has 0 bridgehead atoms. The first-order valence-electron chi connectivity index (χ1n) is 8.43. The number of halogens is 1. The minimum Gasteiger partial charge on any atom is -0.365 e. The highest BCUT2D eigenvalue weighted by atomic mass is 79.9. The average molecular weight is 418 g/mol. The van der Waals surface area contributed by atoms with E-state index in [1.165, 1.54) is 12.4 Å². The number of aromatic nitrogens is 1. The van der Waals surface area contributed by atoms with Crippen molar-refractivity contribution in [2.45, 2.75) is 19.8 Å². The van der Waals surface area contributed by atoms with E-state index in [2.05, 4.69) is 26.2 Å². The minimum atomic E-state index is -0.753.